The van der Waals surface area contributed by atoms with E-state index < -0.39 is 21.8 Å². The lowest BCUT2D eigenvalue weighted by molar-refractivity contribution is -0.128. The van der Waals surface area contributed by atoms with Crippen molar-refractivity contribution in [1.29, 1.82) is 5.26 Å². The number of nitrogens with one attached hydrogen (secondary N) is 2. The molecule has 206 valence electrons. The van der Waals surface area contributed by atoms with Gasteiger partial charge in [0.25, 0.3) is 21.8 Å². The molecule has 0 radical (unpaired) electrons. The Morgan fingerprint density at radius 1 is 1.05 bits per heavy atom. The third-order valence-electron chi connectivity index (χ3n) is 5.99. The van der Waals surface area contributed by atoms with Crippen LogP contribution in [0, 0.1) is 11.3 Å². The van der Waals surface area contributed by atoms with Gasteiger partial charge in [-0.05, 0) is 66.1 Å². The van der Waals surface area contributed by atoms with Crippen molar-refractivity contribution in [3.8, 4) is 23.3 Å². The van der Waals surface area contributed by atoms with Gasteiger partial charge in [0.1, 0.15) is 10.6 Å². The highest BCUT2D eigenvalue weighted by Gasteiger charge is 2.34. The van der Waals surface area contributed by atoms with E-state index in [0.29, 0.717) is 29.0 Å². The average Bonchev–Trinajstić information content (AvgIpc) is 3.42. The number of hydrogen-bond acceptors (Lipinski definition) is 8. The van der Waals surface area contributed by atoms with E-state index in [1.54, 1.807) is 36.4 Å². The molecule has 0 aliphatic carbocycles. The van der Waals surface area contributed by atoms with Crippen LogP contribution in [0.4, 0.5) is 5.69 Å². The number of amides is 2. The Kier molecular flexibility index (Phi) is 8.56. The third-order valence-corrected chi connectivity index (χ3v) is 7.80. The highest BCUT2D eigenvalue weighted by atomic mass is 32.2. The van der Waals surface area contributed by atoms with Crippen LogP contribution in [0.5, 0.6) is 17.2 Å². The van der Waals surface area contributed by atoms with Gasteiger partial charge in [-0.2, -0.15) is 5.26 Å². The first kappa shape index (κ1) is 28.0. The van der Waals surface area contributed by atoms with Gasteiger partial charge in [0.05, 0.1) is 31.5 Å². The Balaban J connectivity index is 1.45. The van der Waals surface area contributed by atoms with Crippen LogP contribution in [-0.4, -0.2) is 47.6 Å². The number of hydrazine groups is 1. The Hall–Kier alpha value is -5.02. The Morgan fingerprint density at radius 3 is 2.50 bits per heavy atom. The van der Waals surface area contributed by atoms with E-state index in [9.17, 15) is 18.0 Å². The summed E-state index contributed by atoms with van der Waals surface area (Å²) in [7, 11) is -1.30. The Labute approximate surface area is 231 Å². The van der Waals surface area contributed by atoms with Crippen molar-refractivity contribution < 1.29 is 32.2 Å². The molecule has 4 rings (SSSR count). The lowest BCUT2D eigenvalue weighted by Gasteiger charge is -2.22. The number of sulfonamides is 1. The summed E-state index contributed by atoms with van der Waals surface area (Å²) in [6.45, 7) is -0.0867. The normalized spacial score (nSPS) is 12.4. The molecule has 12 heteroatoms. The minimum atomic E-state index is -4.04. The quantitative estimate of drug-likeness (QED) is 0.299. The van der Waals surface area contributed by atoms with Gasteiger partial charge >= 0.3 is 0 Å². The molecule has 0 unspecified atom stereocenters. The van der Waals surface area contributed by atoms with E-state index in [2.05, 4.69) is 10.9 Å². The van der Waals surface area contributed by atoms with Crippen molar-refractivity contribution >= 4 is 33.6 Å². The summed E-state index contributed by atoms with van der Waals surface area (Å²) >= 11 is 0. The predicted octanol–water partition coefficient (Wildman–Crippen LogP) is 2.57. The number of nitriles is 1. The molecule has 0 saturated heterocycles. The molecule has 11 nitrogen and oxygen atoms in total. The molecule has 2 N–H and O–H groups in total. The monoisotopic (exact) mass is 562 g/mol. The first-order chi connectivity index (χ1) is 19.3. The Bertz CT molecular complexity index is 1600. The number of carbonyl (C=O) groups excluding carboxylic acids is 2. The van der Waals surface area contributed by atoms with Crippen molar-refractivity contribution in [2.24, 2.45) is 0 Å². The lowest BCUT2D eigenvalue weighted by Crippen LogP contribution is -2.43. The summed E-state index contributed by atoms with van der Waals surface area (Å²) in [6, 6.07) is 18.4. The maximum atomic E-state index is 13.7. The number of fused-ring (bicyclic) bond motifs is 1. The van der Waals surface area contributed by atoms with Gasteiger partial charge in [0, 0.05) is 12.6 Å². The van der Waals surface area contributed by atoms with E-state index >= 15 is 0 Å². The van der Waals surface area contributed by atoms with Crippen molar-refractivity contribution in [2.45, 2.75) is 11.3 Å². The van der Waals surface area contributed by atoms with Crippen LogP contribution in [0.15, 0.2) is 71.6 Å². The number of rotatable bonds is 9. The molecule has 0 fully saturated rings. The highest BCUT2D eigenvalue weighted by Crippen LogP contribution is 2.40. The average molecular weight is 563 g/mol. The van der Waals surface area contributed by atoms with Crippen LogP contribution < -0.4 is 29.4 Å². The summed E-state index contributed by atoms with van der Waals surface area (Å²) in [5, 5.41) is 8.82. The topological polar surface area (TPSA) is 147 Å². The number of nitrogens with zero attached hydrogens (tertiary/aromatic N) is 2. The number of hydrogen-bond donors (Lipinski definition) is 2. The fraction of sp³-hybridized carbons (Fsp3) is 0.179. The van der Waals surface area contributed by atoms with Crippen LogP contribution in [0.1, 0.15) is 16.7 Å². The molecule has 3 aromatic carbocycles. The first-order valence-corrected chi connectivity index (χ1v) is 13.5. The summed E-state index contributed by atoms with van der Waals surface area (Å²) in [4.78, 5) is 24.2. The zero-order valence-corrected chi connectivity index (χ0v) is 22.5. The van der Waals surface area contributed by atoms with Crippen molar-refractivity contribution in [2.75, 3.05) is 31.7 Å². The molecule has 0 saturated carbocycles. The second-order valence-corrected chi connectivity index (χ2v) is 10.3. The zero-order valence-electron chi connectivity index (χ0n) is 21.7. The van der Waals surface area contributed by atoms with Gasteiger partial charge < -0.3 is 14.2 Å². The van der Waals surface area contributed by atoms with Crippen LogP contribution in [0.25, 0.3) is 6.08 Å². The molecule has 1 aliphatic heterocycles. The number of para-hydroxylation sites is 1. The van der Waals surface area contributed by atoms with Gasteiger partial charge in [-0.25, -0.2) is 8.42 Å². The van der Waals surface area contributed by atoms with Gasteiger partial charge in [0.2, 0.25) is 0 Å². The molecule has 0 atom stereocenters. The first-order valence-electron chi connectivity index (χ1n) is 12.0. The molecular formula is C28H26N4O7S. The standard InChI is InChI=1S/C28H26N4O7S/c1-37-24-15-20(9-12-26(33)30-31-27(34)18-39-22-10-7-19(17-29)8-11-22)16-25(28(24)38-2)40(35,36)32-14-13-21-5-3-4-6-23(21)32/h3-12,15-16H,13-14,18H2,1-2H3,(H,30,33)(H,31,34). The molecule has 1 aliphatic rings. The van der Waals surface area contributed by atoms with E-state index in [1.165, 1.54) is 36.7 Å². The number of carbonyl (C=O) groups is 2. The van der Waals surface area contributed by atoms with E-state index in [4.69, 9.17) is 19.5 Å². The largest absolute Gasteiger partial charge is 0.493 e. The molecule has 40 heavy (non-hydrogen) atoms. The minimum absolute atomic E-state index is 0.0445. The fourth-order valence-corrected chi connectivity index (χ4v) is 5.78. The number of anilines is 1. The van der Waals surface area contributed by atoms with Crippen molar-refractivity contribution in [3.63, 3.8) is 0 Å². The second-order valence-electron chi connectivity index (χ2n) is 8.51. The van der Waals surface area contributed by atoms with Crippen LogP contribution >= 0.6 is 0 Å². The molecule has 3 aromatic rings. The molecule has 0 bridgehead atoms. The van der Waals surface area contributed by atoms with Gasteiger partial charge in [0.15, 0.2) is 18.1 Å². The number of ether oxygens (including phenoxy) is 3. The Morgan fingerprint density at radius 2 is 1.80 bits per heavy atom. The lowest BCUT2D eigenvalue weighted by atomic mass is 10.2. The zero-order chi connectivity index (χ0) is 28.7. The van der Waals surface area contributed by atoms with Gasteiger partial charge in [-0.1, -0.05) is 18.2 Å². The molecular weight excluding hydrogens is 536 g/mol. The maximum absolute atomic E-state index is 13.7. The van der Waals surface area contributed by atoms with Crippen LogP contribution in [0.3, 0.4) is 0 Å². The summed E-state index contributed by atoms with van der Waals surface area (Å²) in [5.74, 6) is -0.680. The predicted molar refractivity (Wildman–Crippen MR) is 146 cm³/mol. The van der Waals surface area contributed by atoms with Crippen LogP contribution in [0.2, 0.25) is 0 Å². The molecule has 0 aromatic heterocycles. The van der Waals surface area contributed by atoms with Gasteiger partial charge in [-0.15, -0.1) is 0 Å². The SMILES string of the molecule is COc1cc(C=CC(=O)NNC(=O)COc2ccc(C#N)cc2)cc(S(=O)(=O)N2CCc3ccccc32)c1OC. The smallest absolute Gasteiger partial charge is 0.276 e. The fourth-order valence-electron chi connectivity index (χ4n) is 4.07. The molecule has 2 amide bonds. The maximum Gasteiger partial charge on any atom is 0.276 e. The summed E-state index contributed by atoms with van der Waals surface area (Å²) in [6.07, 6.45) is 3.09. The molecule has 1 heterocycles. The number of methoxy groups -OCH3 is 2. The summed E-state index contributed by atoms with van der Waals surface area (Å²) < 4.78 is 44.9. The third kappa shape index (κ3) is 6.16. The highest BCUT2D eigenvalue weighted by molar-refractivity contribution is 7.93. The van der Waals surface area contributed by atoms with E-state index in [-0.39, 0.29) is 29.5 Å². The minimum Gasteiger partial charge on any atom is -0.493 e. The van der Waals surface area contributed by atoms with E-state index in [0.717, 1.165) is 11.6 Å². The summed E-state index contributed by atoms with van der Waals surface area (Å²) in [5.41, 5.74) is 6.78. The van der Waals surface area contributed by atoms with Gasteiger partial charge in [-0.3, -0.25) is 24.7 Å². The second kappa shape index (κ2) is 12.2. The van der Waals surface area contributed by atoms with Crippen LogP contribution in [-0.2, 0) is 26.0 Å². The van der Waals surface area contributed by atoms with E-state index in [1.807, 2.05) is 18.2 Å². The van der Waals surface area contributed by atoms with Crippen molar-refractivity contribution in [1.82, 2.24) is 10.9 Å². The number of benzene rings is 3. The van der Waals surface area contributed by atoms with Crippen molar-refractivity contribution in [3.05, 3.63) is 83.4 Å². The molecule has 0 spiro atoms.